The van der Waals surface area contributed by atoms with Crippen molar-refractivity contribution in [2.45, 2.75) is 6.92 Å². The number of aryl methyl sites for hydroxylation is 1. The van der Waals surface area contributed by atoms with Crippen molar-refractivity contribution in [2.24, 2.45) is 0 Å². The molecule has 0 aliphatic carbocycles. The zero-order valence-electron chi connectivity index (χ0n) is 14.8. The first-order valence-corrected chi connectivity index (χ1v) is 9.07. The average molecular weight is 401 g/mol. The summed E-state index contributed by atoms with van der Waals surface area (Å²) in [4.78, 5) is 12.3. The second-order valence-corrected chi connectivity index (χ2v) is 6.88. The van der Waals surface area contributed by atoms with Crippen LogP contribution in [0.4, 0.5) is 27.5 Å². The van der Waals surface area contributed by atoms with Crippen molar-refractivity contribution in [1.82, 2.24) is 9.97 Å². The Morgan fingerprint density at radius 2 is 1.81 bits per heavy atom. The lowest BCUT2D eigenvalue weighted by molar-refractivity contribution is 0.627. The number of thiophene rings is 1. The van der Waals surface area contributed by atoms with Gasteiger partial charge in [-0.3, -0.25) is 0 Å². The van der Waals surface area contributed by atoms with Crippen LogP contribution in [0.3, 0.4) is 0 Å². The molecule has 2 heterocycles. The molecule has 0 spiro atoms. The summed E-state index contributed by atoms with van der Waals surface area (Å²) in [5.41, 5.74) is 2.64. The van der Waals surface area contributed by atoms with Gasteiger partial charge in [0.1, 0.15) is 16.5 Å². The number of hydrogen-bond acceptors (Lipinski definition) is 5. The summed E-state index contributed by atoms with van der Waals surface area (Å²) >= 11 is 1.57. The largest absolute Gasteiger partial charge is 0.329 e. The quantitative estimate of drug-likeness (QED) is 0.451. The van der Waals surface area contributed by atoms with Crippen LogP contribution < -0.4 is 10.2 Å². The van der Waals surface area contributed by atoms with E-state index < -0.39 is 0 Å². The van der Waals surface area contributed by atoms with Crippen molar-refractivity contribution in [3.8, 4) is 0 Å². The Morgan fingerprint density at radius 1 is 1.04 bits per heavy atom. The van der Waals surface area contributed by atoms with Gasteiger partial charge < -0.3 is 10.2 Å². The fraction of sp³-hybridized carbons (Fsp3) is 0.100. The van der Waals surface area contributed by atoms with E-state index in [-0.39, 0.29) is 18.2 Å². The molecule has 1 N–H and O–H groups in total. The van der Waals surface area contributed by atoms with Crippen LogP contribution in [0.15, 0.2) is 60.0 Å². The number of aromatic nitrogens is 2. The minimum atomic E-state index is -0.257. The van der Waals surface area contributed by atoms with Crippen LogP contribution in [0, 0.1) is 12.7 Å². The Balaban J connectivity index is 0.00000210. The first-order chi connectivity index (χ1) is 12.6. The highest BCUT2D eigenvalue weighted by Crippen LogP contribution is 2.33. The summed E-state index contributed by atoms with van der Waals surface area (Å²) in [7, 11) is 1.99. The summed E-state index contributed by atoms with van der Waals surface area (Å²) in [5.74, 6) is 1.06. The normalized spacial score (nSPS) is 10.5. The summed E-state index contributed by atoms with van der Waals surface area (Å²) in [6, 6.07) is 16.7. The summed E-state index contributed by atoms with van der Waals surface area (Å²) in [6.45, 7) is 1.85. The van der Waals surface area contributed by atoms with Crippen molar-refractivity contribution in [1.29, 1.82) is 0 Å². The Labute approximate surface area is 167 Å². The Morgan fingerprint density at radius 3 is 2.56 bits per heavy atom. The number of para-hydroxylation sites is 1. The maximum Gasteiger partial charge on any atom is 0.230 e. The molecule has 0 saturated carbocycles. The van der Waals surface area contributed by atoms with Gasteiger partial charge in [0.2, 0.25) is 5.95 Å². The fourth-order valence-electron chi connectivity index (χ4n) is 2.81. The maximum atomic E-state index is 13.3. The maximum absolute atomic E-state index is 13.3. The molecule has 0 radical (unpaired) electrons. The second-order valence-electron chi connectivity index (χ2n) is 5.99. The van der Waals surface area contributed by atoms with Crippen LogP contribution in [0.1, 0.15) is 5.56 Å². The number of halogens is 2. The average Bonchev–Trinajstić information content (AvgIpc) is 3.12. The van der Waals surface area contributed by atoms with E-state index in [0.29, 0.717) is 5.95 Å². The van der Waals surface area contributed by atoms with Gasteiger partial charge in [0.05, 0.1) is 5.39 Å². The molecule has 2 aromatic carbocycles. The lowest BCUT2D eigenvalue weighted by Crippen LogP contribution is -2.13. The molecular formula is C20H18ClFN4S. The van der Waals surface area contributed by atoms with Crippen LogP contribution in [0.25, 0.3) is 10.2 Å². The van der Waals surface area contributed by atoms with E-state index in [1.165, 1.54) is 12.1 Å². The van der Waals surface area contributed by atoms with E-state index in [4.69, 9.17) is 4.98 Å². The standard InChI is InChI=1S/C20H17FN4S.ClH/c1-13-12-14(21)8-9-17(13)22-20-23-18(16-10-11-26-19(16)24-20)25(2)15-6-4-3-5-7-15;/h3-12H,1-2H3,(H,22,23,24);1H. The Hall–Kier alpha value is -2.70. The van der Waals surface area contributed by atoms with E-state index >= 15 is 0 Å². The molecular weight excluding hydrogens is 383 g/mol. The van der Waals surface area contributed by atoms with Crippen molar-refractivity contribution >= 4 is 57.1 Å². The number of nitrogens with one attached hydrogen (secondary N) is 1. The Bertz CT molecular complexity index is 1070. The monoisotopic (exact) mass is 400 g/mol. The van der Waals surface area contributed by atoms with Gasteiger partial charge in [0, 0.05) is 18.4 Å². The van der Waals surface area contributed by atoms with Crippen LogP contribution in [0.2, 0.25) is 0 Å². The second kappa shape index (κ2) is 7.90. The molecule has 4 nitrogen and oxygen atoms in total. The third-order valence-electron chi connectivity index (χ3n) is 4.20. The van der Waals surface area contributed by atoms with E-state index in [2.05, 4.69) is 10.3 Å². The molecule has 27 heavy (non-hydrogen) atoms. The zero-order valence-corrected chi connectivity index (χ0v) is 16.4. The first-order valence-electron chi connectivity index (χ1n) is 8.19. The highest BCUT2D eigenvalue weighted by atomic mass is 35.5. The minimum absolute atomic E-state index is 0. The minimum Gasteiger partial charge on any atom is -0.329 e. The van der Waals surface area contributed by atoms with Crippen LogP contribution >= 0.6 is 23.7 Å². The highest BCUT2D eigenvalue weighted by Gasteiger charge is 2.14. The van der Waals surface area contributed by atoms with Gasteiger partial charge >= 0.3 is 0 Å². The molecule has 0 atom stereocenters. The van der Waals surface area contributed by atoms with Crippen LogP contribution in [-0.2, 0) is 0 Å². The summed E-state index contributed by atoms with van der Waals surface area (Å²) < 4.78 is 13.3. The van der Waals surface area contributed by atoms with E-state index in [1.807, 2.05) is 60.6 Å². The molecule has 7 heteroatoms. The molecule has 0 aliphatic heterocycles. The molecule has 0 aliphatic rings. The molecule has 0 saturated heterocycles. The van der Waals surface area contributed by atoms with Crippen molar-refractivity contribution < 1.29 is 4.39 Å². The number of nitrogens with zero attached hydrogens (tertiary/aromatic N) is 3. The summed E-state index contributed by atoms with van der Waals surface area (Å²) in [5, 5.41) is 6.23. The molecule has 0 unspecified atom stereocenters. The number of rotatable bonds is 4. The predicted molar refractivity (Wildman–Crippen MR) is 114 cm³/mol. The van der Waals surface area contributed by atoms with Gasteiger partial charge in [0.15, 0.2) is 0 Å². The SMILES string of the molecule is Cc1cc(F)ccc1Nc1nc(N(C)c2ccccc2)c2ccsc2n1.Cl. The molecule has 0 fully saturated rings. The van der Waals surface area contributed by atoms with Crippen molar-refractivity contribution in [3.05, 3.63) is 71.4 Å². The van der Waals surface area contributed by atoms with Crippen LogP contribution in [-0.4, -0.2) is 17.0 Å². The number of anilines is 4. The van der Waals surface area contributed by atoms with E-state index in [9.17, 15) is 4.39 Å². The molecule has 4 rings (SSSR count). The van der Waals surface area contributed by atoms with Crippen molar-refractivity contribution in [3.63, 3.8) is 0 Å². The number of benzene rings is 2. The number of hydrogen-bond donors (Lipinski definition) is 1. The number of fused-ring (bicyclic) bond motifs is 1. The topological polar surface area (TPSA) is 41.1 Å². The van der Waals surface area contributed by atoms with Gasteiger partial charge in [-0.05, 0) is 54.3 Å². The van der Waals surface area contributed by atoms with Gasteiger partial charge in [0.25, 0.3) is 0 Å². The van der Waals surface area contributed by atoms with Gasteiger partial charge in [-0.1, -0.05) is 18.2 Å². The smallest absolute Gasteiger partial charge is 0.230 e. The lowest BCUT2D eigenvalue weighted by atomic mass is 10.2. The zero-order chi connectivity index (χ0) is 18.1. The third kappa shape index (κ3) is 3.86. The molecule has 0 bridgehead atoms. The van der Waals surface area contributed by atoms with Gasteiger partial charge in [-0.2, -0.15) is 4.98 Å². The first kappa shape index (κ1) is 19.1. The van der Waals surface area contributed by atoms with Crippen molar-refractivity contribution in [2.75, 3.05) is 17.3 Å². The summed E-state index contributed by atoms with van der Waals surface area (Å²) in [6.07, 6.45) is 0. The molecule has 0 amide bonds. The third-order valence-corrected chi connectivity index (χ3v) is 5.01. The van der Waals surface area contributed by atoms with Gasteiger partial charge in [-0.15, -0.1) is 23.7 Å². The molecule has 138 valence electrons. The molecule has 2 aromatic heterocycles. The van der Waals surface area contributed by atoms with Gasteiger partial charge in [-0.25, -0.2) is 9.37 Å². The highest BCUT2D eigenvalue weighted by molar-refractivity contribution is 7.16. The van der Waals surface area contributed by atoms with E-state index in [0.717, 1.165) is 33.0 Å². The lowest BCUT2D eigenvalue weighted by Gasteiger charge is -2.20. The fourth-order valence-corrected chi connectivity index (χ4v) is 3.57. The van der Waals surface area contributed by atoms with Crippen LogP contribution in [0.5, 0.6) is 0 Å². The predicted octanol–water partition coefficient (Wildman–Crippen LogP) is 6.07. The molecule has 4 aromatic rings. The van der Waals surface area contributed by atoms with E-state index in [1.54, 1.807) is 17.4 Å². The Kier molecular flexibility index (Phi) is 5.58.